The number of alkyl halides is 6. The number of thioether (sulfide) groups is 1. The van der Waals surface area contributed by atoms with Gasteiger partial charge in [0.25, 0.3) is 5.56 Å². The Labute approximate surface area is 250 Å². The smallest absolute Gasteiger partial charge is 0.406 e. The van der Waals surface area contributed by atoms with Crippen molar-refractivity contribution < 1.29 is 35.5 Å². The largest absolute Gasteiger partial charge is 0.573 e. The molecule has 0 saturated heterocycles. The van der Waals surface area contributed by atoms with Gasteiger partial charge < -0.3 is 10.5 Å². The van der Waals surface area contributed by atoms with Gasteiger partial charge in [0.2, 0.25) is 0 Å². The van der Waals surface area contributed by atoms with Crippen LogP contribution in [0.4, 0.5) is 30.7 Å². The molecule has 1 aromatic heterocycles. The van der Waals surface area contributed by atoms with E-state index >= 15 is 4.39 Å². The second-order valence-electron chi connectivity index (χ2n) is 9.90. The number of nitrogens with zero attached hydrogens (tertiary/aromatic N) is 1. The number of pyridine rings is 1. The van der Waals surface area contributed by atoms with Gasteiger partial charge in [-0.2, -0.15) is 13.2 Å². The maximum atomic E-state index is 15.0. The van der Waals surface area contributed by atoms with Gasteiger partial charge in [0.1, 0.15) is 11.6 Å². The third-order valence-electron chi connectivity index (χ3n) is 7.28. The minimum absolute atomic E-state index is 0.0994. The van der Waals surface area contributed by atoms with Crippen LogP contribution in [0.2, 0.25) is 5.02 Å². The molecule has 2 atom stereocenters. The lowest BCUT2D eigenvalue weighted by atomic mass is 9.92. The highest BCUT2D eigenvalue weighted by molar-refractivity contribution is 7.99. The molecule has 2 N–H and O–H groups in total. The molecule has 4 nitrogen and oxygen atoms in total. The van der Waals surface area contributed by atoms with Crippen LogP contribution < -0.4 is 16.0 Å². The van der Waals surface area contributed by atoms with E-state index in [1.54, 1.807) is 30.3 Å². The average molecular weight is 643 g/mol. The summed E-state index contributed by atoms with van der Waals surface area (Å²) in [6.07, 6.45) is -10.5. The number of aromatic nitrogens is 1. The Balaban J connectivity index is 1.78. The molecule has 5 rings (SSSR count). The summed E-state index contributed by atoms with van der Waals surface area (Å²) in [5, 5.41) is 0.190. The van der Waals surface area contributed by atoms with Crippen molar-refractivity contribution in [3.63, 3.8) is 0 Å². The zero-order valence-electron chi connectivity index (χ0n) is 22.2. The molecule has 1 aliphatic heterocycles. The monoisotopic (exact) mass is 642 g/mol. The number of hydrogen-bond acceptors (Lipinski definition) is 4. The first-order valence-electron chi connectivity index (χ1n) is 12.8. The van der Waals surface area contributed by atoms with Crippen molar-refractivity contribution in [1.82, 2.24) is 4.57 Å². The quantitative estimate of drug-likeness (QED) is 0.214. The van der Waals surface area contributed by atoms with Crippen LogP contribution >= 0.6 is 23.4 Å². The molecule has 226 valence electrons. The van der Waals surface area contributed by atoms with Crippen LogP contribution in [0.1, 0.15) is 39.9 Å². The maximum absolute atomic E-state index is 15.0. The molecule has 43 heavy (non-hydrogen) atoms. The van der Waals surface area contributed by atoms with E-state index in [1.807, 2.05) is 0 Å². The molecular formula is C30H22ClF7N2O2S. The SMILES string of the molecule is Cc1c(Cc2c(F)cccc2C(F)(F)F)c2n(c(=O)c1-c1cc(OC(F)(F)F)ccc1Cl)[C@H](C(N)c1ccccc1)CS2. The highest BCUT2D eigenvalue weighted by Crippen LogP contribution is 2.45. The van der Waals surface area contributed by atoms with E-state index in [2.05, 4.69) is 4.74 Å². The predicted octanol–water partition coefficient (Wildman–Crippen LogP) is 8.47. The zero-order chi connectivity index (χ0) is 31.3. The first-order valence-corrected chi connectivity index (χ1v) is 14.1. The Morgan fingerprint density at radius 2 is 1.72 bits per heavy atom. The first-order chi connectivity index (χ1) is 20.2. The minimum atomic E-state index is -5.04. The van der Waals surface area contributed by atoms with Crippen LogP contribution in [0, 0.1) is 12.7 Å². The third kappa shape index (κ3) is 6.13. The second-order valence-corrected chi connectivity index (χ2v) is 11.3. The van der Waals surface area contributed by atoms with Crippen molar-refractivity contribution in [2.45, 2.75) is 43.0 Å². The Hall–Kier alpha value is -3.48. The molecule has 0 radical (unpaired) electrons. The highest BCUT2D eigenvalue weighted by Gasteiger charge is 2.38. The number of hydrogen-bond donors (Lipinski definition) is 1. The Morgan fingerprint density at radius 3 is 2.37 bits per heavy atom. The van der Waals surface area contributed by atoms with Crippen molar-refractivity contribution in [3.8, 4) is 16.9 Å². The normalized spacial score (nSPS) is 15.8. The van der Waals surface area contributed by atoms with Gasteiger partial charge in [0.15, 0.2) is 0 Å². The molecular weight excluding hydrogens is 621 g/mol. The van der Waals surface area contributed by atoms with Gasteiger partial charge >= 0.3 is 12.5 Å². The molecule has 0 spiro atoms. The summed E-state index contributed by atoms with van der Waals surface area (Å²) in [6, 6.07) is 13.1. The number of ether oxygens (including phenoxy) is 1. The van der Waals surface area contributed by atoms with Gasteiger partial charge in [-0.15, -0.1) is 24.9 Å². The summed E-state index contributed by atoms with van der Waals surface area (Å²) in [7, 11) is 0. The molecule has 13 heteroatoms. The molecule has 0 aliphatic carbocycles. The van der Waals surface area contributed by atoms with Crippen LogP contribution in [0.5, 0.6) is 5.75 Å². The fourth-order valence-corrected chi connectivity index (χ4v) is 6.94. The van der Waals surface area contributed by atoms with Crippen LogP contribution in [0.3, 0.4) is 0 Å². The van der Waals surface area contributed by atoms with Gasteiger partial charge in [-0.25, -0.2) is 4.39 Å². The topological polar surface area (TPSA) is 57.2 Å². The lowest BCUT2D eigenvalue weighted by Crippen LogP contribution is -2.33. The van der Waals surface area contributed by atoms with E-state index in [4.69, 9.17) is 17.3 Å². The number of rotatable bonds is 6. The van der Waals surface area contributed by atoms with Gasteiger partial charge in [-0.05, 0) is 53.9 Å². The van der Waals surface area contributed by atoms with Crippen molar-refractivity contribution in [2.75, 3.05) is 5.75 Å². The minimum Gasteiger partial charge on any atom is -0.406 e. The molecule has 1 unspecified atom stereocenters. The van der Waals surface area contributed by atoms with Crippen LogP contribution in [-0.2, 0) is 12.6 Å². The Kier molecular flexibility index (Phi) is 8.32. The number of fused-ring (bicyclic) bond motifs is 1. The van der Waals surface area contributed by atoms with Crippen molar-refractivity contribution in [3.05, 3.63) is 116 Å². The lowest BCUT2D eigenvalue weighted by Gasteiger charge is -2.25. The molecule has 1 aliphatic rings. The molecule has 0 fully saturated rings. The Morgan fingerprint density at radius 1 is 1.02 bits per heavy atom. The fraction of sp³-hybridized carbons (Fsp3) is 0.233. The van der Waals surface area contributed by atoms with E-state index in [1.165, 1.54) is 23.3 Å². The molecule has 2 heterocycles. The molecule has 0 saturated carbocycles. The van der Waals surface area contributed by atoms with Gasteiger partial charge in [-0.3, -0.25) is 9.36 Å². The summed E-state index contributed by atoms with van der Waals surface area (Å²) in [4.78, 5) is 14.2. The van der Waals surface area contributed by atoms with E-state index in [0.29, 0.717) is 5.56 Å². The highest BCUT2D eigenvalue weighted by atomic mass is 35.5. The third-order valence-corrected chi connectivity index (χ3v) is 8.83. The summed E-state index contributed by atoms with van der Waals surface area (Å²) >= 11 is 7.58. The number of halogens is 8. The lowest BCUT2D eigenvalue weighted by molar-refractivity contribution is -0.274. The number of nitrogens with two attached hydrogens (primary N) is 1. The summed E-state index contributed by atoms with van der Waals surface area (Å²) < 4.78 is 101. The van der Waals surface area contributed by atoms with Crippen molar-refractivity contribution in [2.24, 2.45) is 5.73 Å². The van der Waals surface area contributed by atoms with Crippen LogP contribution in [0.25, 0.3) is 11.1 Å². The average Bonchev–Trinajstić information content (AvgIpc) is 3.37. The van der Waals surface area contributed by atoms with E-state index in [0.717, 1.165) is 36.4 Å². The molecule has 4 aromatic rings. The van der Waals surface area contributed by atoms with Crippen molar-refractivity contribution >= 4 is 23.4 Å². The van der Waals surface area contributed by atoms with Gasteiger partial charge in [0, 0.05) is 28.3 Å². The standard InChI is InChI=1S/C30H22ClF7N2O2S/c1-15-18(13-19-21(29(33,34)35)8-5-9-23(19)32)28-40(24(14-43-28)26(39)16-6-3-2-4-7-16)27(41)25(15)20-12-17(10-11-22(20)31)42-30(36,37)38/h2-12,24,26H,13-14,39H2,1H3/t24-,26?/m0/s1. The molecule has 0 amide bonds. The second kappa shape index (κ2) is 11.5. The van der Waals surface area contributed by atoms with E-state index in [9.17, 15) is 31.1 Å². The van der Waals surface area contributed by atoms with Crippen LogP contribution in [-0.4, -0.2) is 16.7 Å². The van der Waals surface area contributed by atoms with Crippen LogP contribution in [0.15, 0.2) is 76.6 Å². The van der Waals surface area contributed by atoms with E-state index in [-0.39, 0.29) is 38.1 Å². The molecule has 3 aromatic carbocycles. The zero-order valence-corrected chi connectivity index (χ0v) is 23.8. The first kappa shape index (κ1) is 31.0. The van der Waals surface area contributed by atoms with Gasteiger partial charge in [0.05, 0.1) is 28.2 Å². The Bertz CT molecular complexity index is 1740. The van der Waals surface area contributed by atoms with Crippen molar-refractivity contribution in [1.29, 1.82) is 0 Å². The summed E-state index contributed by atoms with van der Waals surface area (Å²) in [5.41, 5.74) is 4.84. The predicted molar refractivity (Wildman–Crippen MR) is 150 cm³/mol. The van der Waals surface area contributed by atoms with E-state index < -0.39 is 59.3 Å². The van der Waals surface area contributed by atoms with Gasteiger partial charge in [-0.1, -0.05) is 48.0 Å². The number of benzene rings is 3. The molecule has 0 bridgehead atoms. The summed E-state index contributed by atoms with van der Waals surface area (Å²) in [5.74, 6) is -1.49. The maximum Gasteiger partial charge on any atom is 0.573 e. The summed E-state index contributed by atoms with van der Waals surface area (Å²) in [6.45, 7) is 1.44. The fourth-order valence-electron chi connectivity index (χ4n) is 5.29.